The van der Waals surface area contributed by atoms with Gasteiger partial charge in [-0.05, 0) is 44.2 Å². The highest BCUT2D eigenvalue weighted by atomic mass is 35.5. The van der Waals surface area contributed by atoms with Gasteiger partial charge in [0, 0.05) is 29.9 Å². The standard InChI is InChI=1S/C22H26ClN3O2S/c1-26(16-6-4-3-5-7-16)11-10-24-21(27)18-13-15-12-14-8-9-17(28-2)19(23)20(14)25-22(15)29-18/h8-9,12-13,16H,3-7,10-11H2,1-2H3,(H,24,27). The van der Waals surface area contributed by atoms with E-state index in [2.05, 4.69) is 22.2 Å². The van der Waals surface area contributed by atoms with Gasteiger partial charge in [-0.25, -0.2) is 4.98 Å². The van der Waals surface area contributed by atoms with E-state index in [9.17, 15) is 4.79 Å². The number of nitrogens with one attached hydrogen (secondary N) is 1. The molecule has 0 radical (unpaired) electrons. The largest absolute Gasteiger partial charge is 0.495 e. The first-order valence-electron chi connectivity index (χ1n) is 10.1. The zero-order chi connectivity index (χ0) is 20.4. The summed E-state index contributed by atoms with van der Waals surface area (Å²) in [5, 5.41) is 5.44. The molecule has 1 aliphatic rings. The van der Waals surface area contributed by atoms with Crippen molar-refractivity contribution in [2.75, 3.05) is 27.2 Å². The number of rotatable bonds is 6. The molecule has 0 atom stereocenters. The molecule has 3 aromatic rings. The molecule has 0 aliphatic heterocycles. The number of aromatic nitrogens is 1. The highest BCUT2D eigenvalue weighted by Gasteiger charge is 2.18. The van der Waals surface area contributed by atoms with E-state index in [1.54, 1.807) is 7.11 Å². The molecule has 0 bridgehead atoms. The van der Waals surface area contributed by atoms with Crippen LogP contribution in [0.1, 0.15) is 41.8 Å². The minimum Gasteiger partial charge on any atom is -0.495 e. The Morgan fingerprint density at radius 1 is 1.28 bits per heavy atom. The quantitative estimate of drug-likeness (QED) is 0.589. The molecule has 1 N–H and O–H groups in total. The third kappa shape index (κ3) is 4.34. The summed E-state index contributed by atoms with van der Waals surface area (Å²) >= 11 is 7.80. The molecule has 1 fully saturated rings. The molecular formula is C22H26ClN3O2S. The van der Waals surface area contributed by atoms with E-state index in [4.69, 9.17) is 16.3 Å². The molecule has 1 amide bonds. The third-order valence-corrected chi connectivity index (χ3v) is 7.18. The van der Waals surface area contributed by atoms with Gasteiger partial charge in [-0.15, -0.1) is 11.3 Å². The Morgan fingerprint density at radius 2 is 2.07 bits per heavy atom. The Labute approximate surface area is 180 Å². The van der Waals surface area contributed by atoms with Gasteiger partial charge in [-0.2, -0.15) is 0 Å². The van der Waals surface area contributed by atoms with Crippen molar-refractivity contribution in [2.24, 2.45) is 0 Å². The van der Waals surface area contributed by atoms with Crippen LogP contribution in [-0.2, 0) is 0 Å². The maximum atomic E-state index is 12.6. The van der Waals surface area contributed by atoms with Crippen LogP contribution in [-0.4, -0.2) is 49.1 Å². The van der Waals surface area contributed by atoms with Gasteiger partial charge in [-0.3, -0.25) is 4.79 Å². The van der Waals surface area contributed by atoms with Crippen LogP contribution < -0.4 is 10.1 Å². The molecule has 154 valence electrons. The van der Waals surface area contributed by atoms with Crippen molar-refractivity contribution in [3.05, 3.63) is 34.2 Å². The second-order valence-corrected chi connectivity index (χ2v) is 9.08. The van der Waals surface area contributed by atoms with Crippen LogP contribution in [0.15, 0.2) is 24.3 Å². The lowest BCUT2D eigenvalue weighted by atomic mass is 9.94. The van der Waals surface area contributed by atoms with Crippen LogP contribution in [0.5, 0.6) is 5.75 Å². The lowest BCUT2D eigenvalue weighted by Gasteiger charge is -2.31. The second kappa shape index (κ2) is 8.86. The molecule has 29 heavy (non-hydrogen) atoms. The van der Waals surface area contributed by atoms with Crippen molar-refractivity contribution in [3.63, 3.8) is 0 Å². The first kappa shape index (κ1) is 20.4. The summed E-state index contributed by atoms with van der Waals surface area (Å²) in [6.45, 7) is 1.53. The zero-order valence-corrected chi connectivity index (χ0v) is 18.4. The first-order valence-corrected chi connectivity index (χ1v) is 11.3. The van der Waals surface area contributed by atoms with Crippen LogP contribution in [0.2, 0.25) is 5.02 Å². The van der Waals surface area contributed by atoms with Crippen molar-refractivity contribution < 1.29 is 9.53 Å². The molecule has 1 aliphatic carbocycles. The Balaban J connectivity index is 1.45. The Hall–Kier alpha value is -1.89. The van der Waals surface area contributed by atoms with Crippen molar-refractivity contribution in [1.29, 1.82) is 0 Å². The van der Waals surface area contributed by atoms with E-state index in [0.717, 1.165) is 22.1 Å². The fraction of sp³-hybridized carbons (Fsp3) is 0.455. The number of hydrogen-bond acceptors (Lipinski definition) is 5. The maximum absolute atomic E-state index is 12.6. The fourth-order valence-electron chi connectivity index (χ4n) is 4.05. The lowest BCUT2D eigenvalue weighted by Crippen LogP contribution is -2.39. The van der Waals surface area contributed by atoms with Crippen LogP contribution in [0, 0.1) is 0 Å². The summed E-state index contributed by atoms with van der Waals surface area (Å²) in [6.07, 6.45) is 6.54. The second-order valence-electron chi connectivity index (χ2n) is 7.68. The number of carbonyl (C=O) groups excluding carboxylic acids is 1. The van der Waals surface area contributed by atoms with Gasteiger partial charge in [0.05, 0.1) is 17.5 Å². The number of nitrogens with zero attached hydrogens (tertiary/aromatic N) is 2. The Kier molecular flexibility index (Phi) is 6.23. The molecule has 2 heterocycles. The average Bonchev–Trinajstić information content (AvgIpc) is 3.16. The summed E-state index contributed by atoms with van der Waals surface area (Å²) in [5.74, 6) is 0.556. The molecule has 5 nitrogen and oxygen atoms in total. The SMILES string of the molecule is COc1ccc2cc3cc(C(=O)NCCN(C)C4CCCCC4)sc3nc2c1Cl. The smallest absolute Gasteiger partial charge is 0.261 e. The minimum atomic E-state index is -0.0437. The number of benzene rings is 1. The van der Waals surface area contributed by atoms with Gasteiger partial charge in [-0.1, -0.05) is 30.9 Å². The number of pyridine rings is 1. The molecule has 0 spiro atoms. The first-order chi connectivity index (χ1) is 14.1. The van der Waals surface area contributed by atoms with E-state index in [-0.39, 0.29) is 5.91 Å². The summed E-state index contributed by atoms with van der Waals surface area (Å²) < 4.78 is 5.28. The average molecular weight is 432 g/mol. The summed E-state index contributed by atoms with van der Waals surface area (Å²) in [4.78, 5) is 21.2. The lowest BCUT2D eigenvalue weighted by molar-refractivity contribution is 0.0948. The van der Waals surface area contributed by atoms with E-state index in [0.29, 0.717) is 33.8 Å². The molecule has 1 aromatic carbocycles. The van der Waals surface area contributed by atoms with Gasteiger partial charge in [0.15, 0.2) is 0 Å². The molecule has 0 saturated heterocycles. The molecule has 7 heteroatoms. The predicted octanol–water partition coefficient (Wildman–Crippen LogP) is 5.11. The highest BCUT2D eigenvalue weighted by molar-refractivity contribution is 7.20. The van der Waals surface area contributed by atoms with Crippen molar-refractivity contribution >= 4 is 50.0 Å². The van der Waals surface area contributed by atoms with Gasteiger partial charge in [0.1, 0.15) is 15.6 Å². The van der Waals surface area contributed by atoms with Gasteiger partial charge in [0.25, 0.3) is 5.91 Å². The fourth-order valence-corrected chi connectivity index (χ4v) is 5.28. The Morgan fingerprint density at radius 3 is 2.83 bits per heavy atom. The predicted molar refractivity (Wildman–Crippen MR) is 121 cm³/mol. The zero-order valence-electron chi connectivity index (χ0n) is 16.8. The molecule has 1 saturated carbocycles. The van der Waals surface area contributed by atoms with Gasteiger partial charge >= 0.3 is 0 Å². The monoisotopic (exact) mass is 431 g/mol. The molecule has 2 aromatic heterocycles. The number of fused-ring (bicyclic) bond motifs is 2. The maximum Gasteiger partial charge on any atom is 0.261 e. The molecular weight excluding hydrogens is 406 g/mol. The number of carbonyl (C=O) groups is 1. The number of methoxy groups -OCH3 is 1. The van der Waals surface area contributed by atoms with Gasteiger partial charge in [0.2, 0.25) is 0 Å². The number of hydrogen-bond donors (Lipinski definition) is 1. The van der Waals surface area contributed by atoms with Crippen molar-refractivity contribution in [1.82, 2.24) is 15.2 Å². The summed E-state index contributed by atoms with van der Waals surface area (Å²) in [7, 11) is 3.75. The van der Waals surface area contributed by atoms with E-state index in [1.165, 1.54) is 43.4 Å². The van der Waals surface area contributed by atoms with Crippen LogP contribution in [0.25, 0.3) is 21.1 Å². The van der Waals surface area contributed by atoms with E-state index in [1.807, 2.05) is 24.3 Å². The topological polar surface area (TPSA) is 54.5 Å². The van der Waals surface area contributed by atoms with Crippen LogP contribution in [0.4, 0.5) is 0 Å². The number of halogens is 1. The normalized spacial score (nSPS) is 15.3. The summed E-state index contributed by atoms with van der Waals surface area (Å²) in [6, 6.07) is 8.35. The van der Waals surface area contributed by atoms with E-state index >= 15 is 0 Å². The minimum absolute atomic E-state index is 0.0437. The number of likely N-dealkylation sites (N-methyl/N-ethyl adjacent to an activating group) is 1. The summed E-state index contributed by atoms with van der Waals surface area (Å²) in [5.41, 5.74) is 0.696. The molecule has 4 rings (SSSR count). The third-order valence-electron chi connectivity index (χ3n) is 5.77. The number of ether oxygens (including phenoxy) is 1. The highest BCUT2D eigenvalue weighted by Crippen LogP contribution is 2.35. The van der Waals surface area contributed by atoms with Crippen molar-refractivity contribution in [2.45, 2.75) is 38.1 Å². The Bertz CT molecular complexity index is 1030. The van der Waals surface area contributed by atoms with Gasteiger partial charge < -0.3 is 15.0 Å². The van der Waals surface area contributed by atoms with Crippen LogP contribution in [0.3, 0.4) is 0 Å². The molecule has 0 unspecified atom stereocenters. The van der Waals surface area contributed by atoms with E-state index < -0.39 is 0 Å². The van der Waals surface area contributed by atoms with Crippen LogP contribution >= 0.6 is 22.9 Å². The number of thiophene rings is 1. The number of amides is 1. The van der Waals surface area contributed by atoms with Crippen molar-refractivity contribution in [3.8, 4) is 5.75 Å².